The number of rotatable bonds is 7. The van der Waals surface area contributed by atoms with Crippen LogP contribution in [0.15, 0.2) is 59.6 Å². The smallest absolute Gasteiger partial charge is 0.418 e. The molecule has 3 aromatic rings. The molecule has 1 saturated heterocycles. The predicted molar refractivity (Wildman–Crippen MR) is 141 cm³/mol. The second-order valence-electron chi connectivity index (χ2n) is 10.1. The van der Waals surface area contributed by atoms with Gasteiger partial charge in [-0.25, -0.2) is 9.97 Å². The monoisotopic (exact) mass is 562 g/mol. The molecule has 39 heavy (non-hydrogen) atoms. The maximum atomic E-state index is 13.7. The van der Waals surface area contributed by atoms with E-state index in [2.05, 4.69) is 14.7 Å². The maximum absolute atomic E-state index is 13.7. The average molecular weight is 563 g/mol. The van der Waals surface area contributed by atoms with Crippen LogP contribution in [0.4, 0.5) is 24.8 Å². The van der Waals surface area contributed by atoms with E-state index in [1.54, 1.807) is 45.0 Å². The molecule has 0 bridgehead atoms. The van der Waals surface area contributed by atoms with Gasteiger partial charge in [-0.15, -0.1) is 0 Å². The number of carboxylic acids is 1. The summed E-state index contributed by atoms with van der Waals surface area (Å²) in [6, 6.07) is 12.7. The summed E-state index contributed by atoms with van der Waals surface area (Å²) in [5.41, 5.74) is -1.44. The Labute approximate surface area is 225 Å². The molecular weight excluding hydrogens is 533 g/mol. The number of carbonyl (C=O) groups is 1. The highest BCUT2D eigenvalue weighted by Gasteiger charge is 2.39. The third kappa shape index (κ3) is 6.00. The van der Waals surface area contributed by atoms with Crippen LogP contribution in [-0.2, 0) is 21.0 Å². The van der Waals surface area contributed by atoms with Crippen LogP contribution in [0.2, 0.25) is 0 Å². The van der Waals surface area contributed by atoms with Crippen molar-refractivity contribution in [3.05, 3.63) is 65.7 Å². The fourth-order valence-electron chi connectivity index (χ4n) is 4.71. The summed E-state index contributed by atoms with van der Waals surface area (Å²) in [7, 11) is -4.29. The fraction of sp³-hybridized carbons (Fsp3) is 0.370. The Morgan fingerprint density at radius 3 is 2.28 bits per heavy atom. The number of pyridine rings is 2. The standard InChI is InChI=1S/C27H29F3N4O4S/c1-17-7-4-5-8-19(17)24-20(27(28,29)30)11-12-21(31-24)33-39(37,38)23-10-6-9-22(32-23)34-15-13-18(14-16-34)26(2,3)25(35)36/h4-12,18H,13-16H2,1-3H3,(H,31,33)(H,35,36). The Morgan fingerprint density at radius 2 is 1.67 bits per heavy atom. The number of carboxylic acid groups (broad SMARTS) is 1. The molecule has 0 aliphatic carbocycles. The summed E-state index contributed by atoms with van der Waals surface area (Å²) in [5.74, 6) is -0.760. The first-order chi connectivity index (χ1) is 18.2. The van der Waals surface area contributed by atoms with E-state index in [9.17, 15) is 31.5 Å². The summed E-state index contributed by atoms with van der Waals surface area (Å²) in [6.45, 7) is 6.06. The van der Waals surface area contributed by atoms with Crippen LogP contribution in [0.3, 0.4) is 0 Å². The maximum Gasteiger partial charge on any atom is 0.418 e. The molecule has 0 saturated carbocycles. The zero-order valence-corrected chi connectivity index (χ0v) is 22.5. The average Bonchev–Trinajstić information content (AvgIpc) is 2.88. The second kappa shape index (κ2) is 10.5. The molecule has 3 heterocycles. The number of hydrogen-bond acceptors (Lipinski definition) is 6. The van der Waals surface area contributed by atoms with Crippen molar-refractivity contribution >= 4 is 27.6 Å². The number of aliphatic carboxylic acids is 1. The molecule has 1 aliphatic heterocycles. The van der Waals surface area contributed by atoms with E-state index in [1.165, 1.54) is 18.2 Å². The van der Waals surface area contributed by atoms with E-state index >= 15 is 0 Å². The van der Waals surface area contributed by atoms with Crippen molar-refractivity contribution in [1.82, 2.24) is 9.97 Å². The van der Waals surface area contributed by atoms with Crippen LogP contribution < -0.4 is 9.62 Å². The van der Waals surface area contributed by atoms with Gasteiger partial charge >= 0.3 is 12.1 Å². The summed E-state index contributed by atoms with van der Waals surface area (Å²) in [4.78, 5) is 21.8. The largest absolute Gasteiger partial charge is 0.481 e. The summed E-state index contributed by atoms with van der Waals surface area (Å²) in [5, 5.41) is 9.20. The van der Waals surface area contributed by atoms with Crippen molar-refractivity contribution < 1.29 is 31.5 Å². The molecular formula is C27H29F3N4O4S. The van der Waals surface area contributed by atoms with E-state index in [4.69, 9.17) is 0 Å². The predicted octanol–water partition coefficient (Wildman–Crippen LogP) is 5.60. The van der Waals surface area contributed by atoms with Gasteiger partial charge in [-0.05, 0) is 69.4 Å². The molecule has 1 aromatic carbocycles. The van der Waals surface area contributed by atoms with Crippen molar-refractivity contribution in [1.29, 1.82) is 0 Å². The summed E-state index contributed by atoms with van der Waals surface area (Å²) < 4.78 is 69.8. The number of nitrogens with one attached hydrogen (secondary N) is 1. The number of halogens is 3. The van der Waals surface area contributed by atoms with Crippen molar-refractivity contribution in [3.63, 3.8) is 0 Å². The minimum Gasteiger partial charge on any atom is -0.481 e. The molecule has 1 fully saturated rings. The Balaban J connectivity index is 1.58. The highest BCUT2D eigenvalue weighted by Crippen LogP contribution is 2.38. The fourth-order valence-corrected chi connectivity index (χ4v) is 5.68. The van der Waals surface area contributed by atoms with E-state index < -0.39 is 33.1 Å². The van der Waals surface area contributed by atoms with Gasteiger partial charge in [0.2, 0.25) is 0 Å². The van der Waals surface area contributed by atoms with E-state index in [0.29, 0.717) is 37.3 Å². The number of nitrogens with zero attached hydrogens (tertiary/aromatic N) is 3. The molecule has 0 unspecified atom stereocenters. The number of piperidine rings is 1. The van der Waals surface area contributed by atoms with Gasteiger partial charge in [0.1, 0.15) is 11.6 Å². The first-order valence-corrected chi connectivity index (χ1v) is 13.8. The molecule has 4 rings (SSSR count). The van der Waals surface area contributed by atoms with E-state index in [-0.39, 0.29) is 28.0 Å². The van der Waals surface area contributed by atoms with Crippen LogP contribution >= 0.6 is 0 Å². The summed E-state index contributed by atoms with van der Waals surface area (Å²) in [6.07, 6.45) is -3.48. The number of benzene rings is 1. The van der Waals surface area contributed by atoms with Gasteiger partial charge in [0, 0.05) is 18.7 Å². The number of aryl methyl sites for hydroxylation is 1. The highest BCUT2D eigenvalue weighted by atomic mass is 32.2. The molecule has 12 heteroatoms. The molecule has 208 valence electrons. The quantitative estimate of drug-likeness (QED) is 0.386. The number of sulfonamides is 1. The van der Waals surface area contributed by atoms with E-state index in [1.807, 2.05) is 4.90 Å². The zero-order chi connectivity index (χ0) is 28.6. The third-order valence-corrected chi connectivity index (χ3v) is 8.47. The van der Waals surface area contributed by atoms with Gasteiger partial charge in [-0.2, -0.15) is 21.6 Å². The Hall–Kier alpha value is -3.67. The van der Waals surface area contributed by atoms with Gasteiger partial charge in [-0.1, -0.05) is 30.3 Å². The van der Waals surface area contributed by atoms with Crippen molar-refractivity contribution in [2.45, 2.75) is 44.8 Å². The van der Waals surface area contributed by atoms with Gasteiger partial charge in [0.05, 0.1) is 16.7 Å². The topological polar surface area (TPSA) is 112 Å². The van der Waals surface area contributed by atoms with Gasteiger partial charge in [0.25, 0.3) is 10.0 Å². The van der Waals surface area contributed by atoms with Crippen molar-refractivity contribution in [3.8, 4) is 11.3 Å². The number of hydrogen-bond donors (Lipinski definition) is 2. The van der Waals surface area contributed by atoms with Gasteiger partial charge in [0.15, 0.2) is 5.03 Å². The number of anilines is 2. The minimum absolute atomic E-state index is 0.0342. The Kier molecular flexibility index (Phi) is 7.61. The van der Waals surface area contributed by atoms with Crippen LogP contribution in [0, 0.1) is 18.3 Å². The Bertz CT molecular complexity index is 1480. The van der Waals surface area contributed by atoms with Gasteiger partial charge < -0.3 is 10.0 Å². The SMILES string of the molecule is Cc1ccccc1-c1nc(NS(=O)(=O)c2cccc(N3CCC(C(C)(C)C(=O)O)CC3)n2)ccc1C(F)(F)F. The molecule has 8 nitrogen and oxygen atoms in total. The second-order valence-corrected chi connectivity index (χ2v) is 11.8. The summed E-state index contributed by atoms with van der Waals surface area (Å²) >= 11 is 0. The van der Waals surface area contributed by atoms with Crippen LogP contribution in [-0.4, -0.2) is 42.6 Å². The van der Waals surface area contributed by atoms with Crippen LogP contribution in [0.25, 0.3) is 11.3 Å². The normalized spacial score (nSPS) is 15.3. The Morgan fingerprint density at radius 1 is 1.00 bits per heavy atom. The molecule has 0 amide bonds. The lowest BCUT2D eigenvalue weighted by Crippen LogP contribution is -2.42. The first-order valence-electron chi connectivity index (χ1n) is 12.3. The van der Waals surface area contributed by atoms with Gasteiger partial charge in [-0.3, -0.25) is 9.52 Å². The van der Waals surface area contributed by atoms with E-state index in [0.717, 1.165) is 12.1 Å². The molecule has 2 aromatic heterocycles. The van der Waals surface area contributed by atoms with Crippen molar-refractivity contribution in [2.75, 3.05) is 22.7 Å². The number of alkyl halides is 3. The zero-order valence-electron chi connectivity index (χ0n) is 21.7. The lowest BCUT2D eigenvalue weighted by molar-refractivity contribution is -0.150. The third-order valence-electron chi connectivity index (χ3n) is 7.21. The first kappa shape index (κ1) is 28.3. The molecule has 0 radical (unpaired) electrons. The van der Waals surface area contributed by atoms with Crippen molar-refractivity contribution in [2.24, 2.45) is 11.3 Å². The molecule has 1 aliphatic rings. The lowest BCUT2D eigenvalue weighted by Gasteiger charge is -2.38. The highest BCUT2D eigenvalue weighted by molar-refractivity contribution is 7.92. The lowest BCUT2D eigenvalue weighted by atomic mass is 9.74. The minimum atomic E-state index is -4.69. The molecule has 2 N–H and O–H groups in total. The molecule has 0 atom stereocenters. The van der Waals surface area contributed by atoms with Crippen LogP contribution in [0.1, 0.15) is 37.8 Å². The van der Waals surface area contributed by atoms with Crippen LogP contribution in [0.5, 0.6) is 0 Å². The number of aromatic nitrogens is 2. The molecule has 0 spiro atoms.